The number of nitrogens with one attached hydrogen (secondary N) is 2. The van der Waals surface area contributed by atoms with Gasteiger partial charge in [-0.05, 0) is 44.5 Å². The molecule has 0 saturated heterocycles. The number of carbonyl (C=O) groups excluding carboxylic acids is 2. The van der Waals surface area contributed by atoms with Crippen LogP contribution in [0, 0.1) is 13.8 Å². The molecule has 0 aliphatic heterocycles. The van der Waals surface area contributed by atoms with E-state index in [1.165, 1.54) is 6.92 Å². The van der Waals surface area contributed by atoms with Crippen LogP contribution in [0.25, 0.3) is 0 Å². The Balaban J connectivity index is 1.88. The summed E-state index contributed by atoms with van der Waals surface area (Å²) in [5.74, 6) is 0.490. The lowest BCUT2D eigenvalue weighted by molar-refractivity contribution is -0.114. The van der Waals surface area contributed by atoms with Crippen molar-refractivity contribution in [1.82, 2.24) is 10.5 Å². The molecule has 2 N–H and O–H groups in total. The average molecular weight is 301 g/mol. The molecule has 0 fully saturated rings. The largest absolute Gasteiger partial charge is 0.361 e. The van der Waals surface area contributed by atoms with Crippen molar-refractivity contribution in [3.8, 4) is 0 Å². The number of amides is 2. The van der Waals surface area contributed by atoms with Gasteiger partial charge in [-0.15, -0.1) is 0 Å². The van der Waals surface area contributed by atoms with E-state index in [-0.39, 0.29) is 11.8 Å². The smallest absolute Gasteiger partial charge is 0.251 e. The number of benzene rings is 1. The lowest BCUT2D eigenvalue weighted by Crippen LogP contribution is -2.25. The highest BCUT2D eigenvalue weighted by molar-refractivity contribution is 5.95. The van der Waals surface area contributed by atoms with Gasteiger partial charge in [0.2, 0.25) is 5.91 Å². The van der Waals surface area contributed by atoms with Crippen LogP contribution < -0.4 is 10.6 Å². The highest BCUT2D eigenvalue weighted by Crippen LogP contribution is 2.12. The van der Waals surface area contributed by atoms with E-state index in [0.29, 0.717) is 24.2 Å². The van der Waals surface area contributed by atoms with E-state index in [1.807, 2.05) is 13.8 Å². The zero-order valence-electron chi connectivity index (χ0n) is 12.9. The first kappa shape index (κ1) is 15.8. The van der Waals surface area contributed by atoms with Crippen molar-refractivity contribution in [2.75, 3.05) is 11.9 Å². The van der Waals surface area contributed by atoms with Crippen LogP contribution in [-0.2, 0) is 11.2 Å². The predicted molar refractivity (Wildman–Crippen MR) is 82.8 cm³/mol. The molecule has 2 rings (SSSR count). The third-order valence-corrected chi connectivity index (χ3v) is 3.31. The second kappa shape index (κ2) is 6.89. The third kappa shape index (κ3) is 3.94. The number of hydrogen-bond donors (Lipinski definition) is 2. The zero-order valence-corrected chi connectivity index (χ0v) is 12.9. The van der Waals surface area contributed by atoms with E-state index in [9.17, 15) is 9.59 Å². The summed E-state index contributed by atoms with van der Waals surface area (Å²) in [6, 6.07) is 6.75. The van der Waals surface area contributed by atoms with E-state index < -0.39 is 0 Å². The van der Waals surface area contributed by atoms with Crippen molar-refractivity contribution in [3.63, 3.8) is 0 Å². The van der Waals surface area contributed by atoms with Crippen molar-refractivity contribution in [3.05, 3.63) is 46.8 Å². The van der Waals surface area contributed by atoms with Gasteiger partial charge in [0.25, 0.3) is 5.91 Å². The Kier molecular flexibility index (Phi) is 4.93. The Morgan fingerprint density at radius 2 is 1.86 bits per heavy atom. The number of carbonyl (C=O) groups is 2. The van der Waals surface area contributed by atoms with Gasteiger partial charge >= 0.3 is 0 Å². The fourth-order valence-electron chi connectivity index (χ4n) is 2.17. The van der Waals surface area contributed by atoms with Gasteiger partial charge in [0, 0.05) is 30.3 Å². The van der Waals surface area contributed by atoms with Crippen LogP contribution in [0.5, 0.6) is 0 Å². The number of nitrogens with zero attached hydrogens (tertiary/aromatic N) is 1. The normalized spacial score (nSPS) is 10.3. The van der Waals surface area contributed by atoms with Crippen LogP contribution in [0.1, 0.15) is 34.3 Å². The van der Waals surface area contributed by atoms with Gasteiger partial charge in [-0.25, -0.2) is 0 Å². The van der Waals surface area contributed by atoms with Gasteiger partial charge in [0.05, 0.1) is 5.69 Å². The summed E-state index contributed by atoms with van der Waals surface area (Å²) < 4.78 is 5.09. The minimum absolute atomic E-state index is 0.142. The van der Waals surface area contributed by atoms with Crippen LogP contribution in [0.3, 0.4) is 0 Å². The van der Waals surface area contributed by atoms with E-state index >= 15 is 0 Å². The van der Waals surface area contributed by atoms with E-state index in [1.54, 1.807) is 24.3 Å². The monoisotopic (exact) mass is 301 g/mol. The zero-order chi connectivity index (χ0) is 16.1. The quantitative estimate of drug-likeness (QED) is 0.887. The maximum absolute atomic E-state index is 12.0. The molecule has 6 nitrogen and oxygen atoms in total. The molecule has 0 unspecified atom stereocenters. The van der Waals surface area contributed by atoms with Gasteiger partial charge in [-0.2, -0.15) is 0 Å². The van der Waals surface area contributed by atoms with Gasteiger partial charge in [-0.1, -0.05) is 5.16 Å². The highest BCUT2D eigenvalue weighted by Gasteiger charge is 2.10. The molecule has 0 spiro atoms. The minimum Gasteiger partial charge on any atom is -0.361 e. The first-order chi connectivity index (χ1) is 10.5. The highest BCUT2D eigenvalue weighted by atomic mass is 16.5. The molecule has 22 heavy (non-hydrogen) atoms. The fraction of sp³-hybridized carbons (Fsp3) is 0.312. The summed E-state index contributed by atoms with van der Waals surface area (Å²) in [4.78, 5) is 23.0. The van der Waals surface area contributed by atoms with Crippen molar-refractivity contribution >= 4 is 17.5 Å². The molecule has 1 heterocycles. The Bertz CT molecular complexity index is 655. The standard InChI is InChI=1S/C16H19N3O3/c1-10-15(11(2)22-19-10)8-9-17-16(21)13-4-6-14(7-5-13)18-12(3)20/h4-7H,8-9H2,1-3H3,(H,17,21)(H,18,20). The summed E-state index contributed by atoms with van der Waals surface area (Å²) in [5.41, 5.74) is 3.10. The van der Waals surface area contributed by atoms with E-state index in [2.05, 4.69) is 15.8 Å². The van der Waals surface area contributed by atoms with Crippen LogP contribution in [0.2, 0.25) is 0 Å². The van der Waals surface area contributed by atoms with Gasteiger partial charge in [0.15, 0.2) is 0 Å². The summed E-state index contributed by atoms with van der Waals surface area (Å²) in [6.07, 6.45) is 0.677. The molecular formula is C16H19N3O3. The number of aryl methyl sites for hydroxylation is 2. The summed E-state index contributed by atoms with van der Waals surface area (Å²) >= 11 is 0. The minimum atomic E-state index is -0.152. The first-order valence-electron chi connectivity index (χ1n) is 7.05. The Morgan fingerprint density at radius 3 is 2.41 bits per heavy atom. The maximum Gasteiger partial charge on any atom is 0.251 e. The van der Waals surface area contributed by atoms with Crippen molar-refractivity contribution in [2.45, 2.75) is 27.2 Å². The Morgan fingerprint density at radius 1 is 1.18 bits per heavy atom. The Labute approximate surface area is 128 Å². The molecule has 1 aromatic carbocycles. The lowest BCUT2D eigenvalue weighted by atomic mass is 10.1. The summed E-state index contributed by atoms with van der Waals surface area (Å²) in [6.45, 7) is 5.69. The summed E-state index contributed by atoms with van der Waals surface area (Å²) in [5, 5.41) is 9.40. The topological polar surface area (TPSA) is 84.2 Å². The number of rotatable bonds is 5. The van der Waals surface area contributed by atoms with Crippen molar-refractivity contribution < 1.29 is 14.1 Å². The molecule has 2 amide bonds. The molecule has 116 valence electrons. The van der Waals surface area contributed by atoms with Gasteiger partial charge in [0.1, 0.15) is 5.76 Å². The number of hydrogen-bond acceptors (Lipinski definition) is 4. The summed E-state index contributed by atoms with van der Waals surface area (Å²) in [7, 11) is 0. The SMILES string of the molecule is CC(=O)Nc1ccc(C(=O)NCCc2c(C)noc2C)cc1. The van der Waals surface area contributed by atoms with Crippen LogP contribution >= 0.6 is 0 Å². The molecule has 0 bridgehead atoms. The average Bonchev–Trinajstić information content (AvgIpc) is 2.79. The van der Waals surface area contributed by atoms with Crippen molar-refractivity contribution in [2.24, 2.45) is 0 Å². The van der Waals surface area contributed by atoms with Crippen LogP contribution in [0.4, 0.5) is 5.69 Å². The second-order valence-electron chi connectivity index (χ2n) is 5.07. The molecule has 2 aromatic rings. The van der Waals surface area contributed by atoms with Gasteiger partial charge < -0.3 is 15.2 Å². The molecule has 0 aliphatic rings. The first-order valence-corrected chi connectivity index (χ1v) is 7.05. The third-order valence-electron chi connectivity index (χ3n) is 3.31. The molecule has 1 aromatic heterocycles. The van der Waals surface area contributed by atoms with E-state index in [0.717, 1.165) is 17.0 Å². The van der Waals surface area contributed by atoms with Crippen LogP contribution in [0.15, 0.2) is 28.8 Å². The van der Waals surface area contributed by atoms with E-state index in [4.69, 9.17) is 4.52 Å². The lowest BCUT2D eigenvalue weighted by Gasteiger charge is -2.06. The predicted octanol–water partition coefficient (Wildman–Crippen LogP) is 2.22. The molecule has 0 radical (unpaired) electrons. The molecular weight excluding hydrogens is 282 g/mol. The number of anilines is 1. The molecule has 0 saturated carbocycles. The van der Waals surface area contributed by atoms with Crippen LogP contribution in [-0.4, -0.2) is 23.5 Å². The molecule has 0 atom stereocenters. The Hall–Kier alpha value is -2.63. The second-order valence-corrected chi connectivity index (χ2v) is 5.07. The maximum atomic E-state index is 12.0. The molecule has 6 heteroatoms. The van der Waals surface area contributed by atoms with Gasteiger partial charge in [-0.3, -0.25) is 9.59 Å². The number of aromatic nitrogens is 1. The fourth-order valence-corrected chi connectivity index (χ4v) is 2.17. The molecule has 0 aliphatic carbocycles. The van der Waals surface area contributed by atoms with Crippen molar-refractivity contribution in [1.29, 1.82) is 0 Å².